The van der Waals surface area contributed by atoms with E-state index in [0.717, 1.165) is 0 Å². The maximum atomic E-state index is 9.81. The highest BCUT2D eigenvalue weighted by Crippen LogP contribution is 1.83. The van der Waals surface area contributed by atoms with Gasteiger partial charge in [-0.15, -0.1) is 0 Å². The summed E-state index contributed by atoms with van der Waals surface area (Å²) in [7, 11) is 0. The number of Topliss-reactive ketones (excluding diaryl/α,β-unsaturated/α-hetero) is 1. The summed E-state index contributed by atoms with van der Waals surface area (Å²) in [5.74, 6) is 0.255. The van der Waals surface area contributed by atoms with E-state index in [0.29, 0.717) is 12.8 Å². The second kappa shape index (κ2) is 9.59. The number of rotatable bonds is 3. The van der Waals surface area contributed by atoms with Crippen molar-refractivity contribution in [2.75, 3.05) is 6.61 Å². The van der Waals surface area contributed by atoms with Crippen molar-refractivity contribution >= 4 is 5.78 Å². The lowest BCUT2D eigenvalue weighted by atomic mass is 10.3. The van der Waals surface area contributed by atoms with E-state index in [9.17, 15) is 4.79 Å². The minimum absolute atomic E-state index is 0.0810. The summed E-state index contributed by atoms with van der Waals surface area (Å²) in [5, 5.41) is 16.5. The van der Waals surface area contributed by atoms with Crippen molar-refractivity contribution in [2.24, 2.45) is 0 Å². The van der Waals surface area contributed by atoms with Crippen LogP contribution >= 0.6 is 0 Å². The van der Waals surface area contributed by atoms with Gasteiger partial charge in [-0.25, -0.2) is 0 Å². The Labute approximate surface area is 68.0 Å². The topological polar surface area (TPSA) is 57.5 Å². The second-order valence-corrected chi connectivity index (χ2v) is 2.42. The highest BCUT2D eigenvalue weighted by atomic mass is 16.3. The maximum absolute atomic E-state index is 9.81. The molecule has 0 fully saturated rings. The van der Waals surface area contributed by atoms with Crippen molar-refractivity contribution in [1.29, 1.82) is 0 Å². The molecule has 1 unspecified atom stereocenters. The molecule has 0 heterocycles. The van der Waals surface area contributed by atoms with E-state index in [-0.39, 0.29) is 18.5 Å². The molecule has 0 rings (SSSR count). The van der Waals surface area contributed by atoms with Gasteiger partial charge in [0.25, 0.3) is 0 Å². The molecule has 0 aliphatic carbocycles. The smallest absolute Gasteiger partial charge is 0.129 e. The first kappa shape index (κ1) is 13.2. The summed E-state index contributed by atoms with van der Waals surface area (Å²) in [4.78, 5) is 9.81. The molecule has 0 spiro atoms. The van der Waals surface area contributed by atoms with Crippen LogP contribution in [0.5, 0.6) is 0 Å². The molecular formula is C8H18O3. The quantitative estimate of drug-likeness (QED) is 0.643. The van der Waals surface area contributed by atoms with Gasteiger partial charge in [-0.3, -0.25) is 0 Å². The second-order valence-electron chi connectivity index (χ2n) is 2.42. The van der Waals surface area contributed by atoms with Crippen molar-refractivity contribution in [3.05, 3.63) is 0 Å². The Hall–Kier alpha value is -0.410. The standard InChI is InChI=1S/C4H10O2.C4H8O/c1-4(6)2-3-5;1-3-4(2)5/h4-6H,2-3H2,1H3;3H2,1-2H3. The van der Waals surface area contributed by atoms with Crippen molar-refractivity contribution in [2.45, 2.75) is 39.7 Å². The fourth-order valence-electron chi connectivity index (χ4n) is 0.187. The van der Waals surface area contributed by atoms with Gasteiger partial charge < -0.3 is 15.0 Å². The van der Waals surface area contributed by atoms with Crippen LogP contribution in [-0.4, -0.2) is 28.7 Å². The zero-order valence-corrected chi connectivity index (χ0v) is 7.50. The molecule has 0 aromatic rings. The average molecular weight is 162 g/mol. The van der Waals surface area contributed by atoms with Gasteiger partial charge in [0.15, 0.2) is 0 Å². The van der Waals surface area contributed by atoms with E-state index in [1.54, 1.807) is 13.8 Å². The van der Waals surface area contributed by atoms with Crippen LogP contribution in [-0.2, 0) is 4.79 Å². The monoisotopic (exact) mass is 162 g/mol. The van der Waals surface area contributed by atoms with Crippen LogP contribution < -0.4 is 0 Å². The van der Waals surface area contributed by atoms with Gasteiger partial charge in [-0.05, 0) is 20.3 Å². The molecule has 2 N–H and O–H groups in total. The molecule has 0 amide bonds. The Morgan fingerprint density at radius 1 is 1.55 bits per heavy atom. The first-order valence-electron chi connectivity index (χ1n) is 3.82. The Kier molecular flexibility index (Phi) is 11.5. The van der Waals surface area contributed by atoms with Crippen LogP contribution in [0.25, 0.3) is 0 Å². The molecule has 0 saturated heterocycles. The molecule has 1 atom stereocenters. The van der Waals surface area contributed by atoms with Crippen LogP contribution in [0.15, 0.2) is 0 Å². The molecule has 0 aliphatic heterocycles. The van der Waals surface area contributed by atoms with Crippen molar-refractivity contribution in [3.63, 3.8) is 0 Å². The summed E-state index contributed by atoms with van der Waals surface area (Å²) in [6, 6.07) is 0. The van der Waals surface area contributed by atoms with Crippen LogP contribution in [0, 0.1) is 0 Å². The Morgan fingerprint density at radius 2 is 1.91 bits per heavy atom. The fraction of sp³-hybridized carbons (Fsp3) is 0.875. The summed E-state index contributed by atoms with van der Waals surface area (Å²) in [5.41, 5.74) is 0. The molecule has 3 heteroatoms. The largest absolute Gasteiger partial charge is 0.396 e. The van der Waals surface area contributed by atoms with Gasteiger partial charge in [0.2, 0.25) is 0 Å². The number of carbonyl (C=O) groups is 1. The van der Waals surface area contributed by atoms with Crippen molar-refractivity contribution < 1.29 is 15.0 Å². The highest BCUT2D eigenvalue weighted by Gasteiger charge is 1.88. The first-order valence-corrected chi connectivity index (χ1v) is 3.82. The predicted molar refractivity (Wildman–Crippen MR) is 44.4 cm³/mol. The number of aliphatic hydroxyl groups excluding tert-OH is 2. The molecule has 0 aromatic heterocycles. The lowest BCUT2D eigenvalue weighted by molar-refractivity contribution is -0.116. The molecule has 0 aromatic carbocycles. The molecular weight excluding hydrogens is 144 g/mol. The van der Waals surface area contributed by atoms with E-state index in [4.69, 9.17) is 10.2 Å². The molecule has 0 bridgehead atoms. The van der Waals surface area contributed by atoms with Gasteiger partial charge >= 0.3 is 0 Å². The molecule has 11 heavy (non-hydrogen) atoms. The molecule has 3 nitrogen and oxygen atoms in total. The molecule has 0 aliphatic rings. The van der Waals surface area contributed by atoms with Crippen LogP contribution in [0.1, 0.15) is 33.6 Å². The zero-order valence-electron chi connectivity index (χ0n) is 7.50. The number of ketones is 1. The third kappa shape index (κ3) is 26.2. The van der Waals surface area contributed by atoms with Gasteiger partial charge in [-0.1, -0.05) is 6.92 Å². The minimum Gasteiger partial charge on any atom is -0.396 e. The third-order valence-corrected chi connectivity index (χ3v) is 1.04. The molecule has 0 radical (unpaired) electrons. The minimum atomic E-state index is -0.352. The first-order chi connectivity index (χ1) is 5.04. The summed E-state index contributed by atoms with van der Waals surface area (Å²) in [6.45, 7) is 5.16. The number of aliphatic hydroxyl groups is 2. The fourth-order valence-corrected chi connectivity index (χ4v) is 0.187. The summed E-state index contributed by atoms with van der Waals surface area (Å²) < 4.78 is 0. The van der Waals surface area contributed by atoms with Gasteiger partial charge in [0, 0.05) is 13.0 Å². The van der Waals surface area contributed by atoms with Crippen LogP contribution in [0.3, 0.4) is 0 Å². The predicted octanol–water partition coefficient (Wildman–Crippen LogP) is 0.735. The lowest BCUT2D eigenvalue weighted by Crippen LogP contribution is -2.00. The number of hydrogen-bond acceptors (Lipinski definition) is 3. The lowest BCUT2D eigenvalue weighted by Gasteiger charge is -1.95. The summed E-state index contributed by atoms with van der Waals surface area (Å²) in [6.07, 6.45) is 0.801. The molecule has 0 saturated carbocycles. The van der Waals surface area contributed by atoms with E-state index in [2.05, 4.69) is 0 Å². The van der Waals surface area contributed by atoms with Gasteiger partial charge in [-0.2, -0.15) is 0 Å². The number of carbonyl (C=O) groups excluding carboxylic acids is 1. The molecule has 68 valence electrons. The van der Waals surface area contributed by atoms with E-state index in [1.807, 2.05) is 6.92 Å². The van der Waals surface area contributed by atoms with Gasteiger partial charge in [0.1, 0.15) is 5.78 Å². The van der Waals surface area contributed by atoms with E-state index < -0.39 is 0 Å². The van der Waals surface area contributed by atoms with Crippen molar-refractivity contribution in [3.8, 4) is 0 Å². The SMILES string of the molecule is CC(O)CCO.CCC(C)=O. The maximum Gasteiger partial charge on any atom is 0.129 e. The Balaban J connectivity index is 0. The average Bonchev–Trinajstić information content (AvgIpc) is 1.89. The van der Waals surface area contributed by atoms with Crippen molar-refractivity contribution in [1.82, 2.24) is 0 Å². The number of hydrogen-bond donors (Lipinski definition) is 2. The summed E-state index contributed by atoms with van der Waals surface area (Å²) >= 11 is 0. The Morgan fingerprint density at radius 3 is 1.91 bits per heavy atom. The van der Waals surface area contributed by atoms with Gasteiger partial charge in [0.05, 0.1) is 6.10 Å². The van der Waals surface area contributed by atoms with Crippen LogP contribution in [0.2, 0.25) is 0 Å². The Bertz CT molecular complexity index is 89.3. The highest BCUT2D eigenvalue weighted by molar-refractivity contribution is 5.74. The third-order valence-electron chi connectivity index (χ3n) is 1.04. The zero-order chi connectivity index (χ0) is 9.28. The van der Waals surface area contributed by atoms with Crippen LogP contribution in [0.4, 0.5) is 0 Å². The van der Waals surface area contributed by atoms with E-state index >= 15 is 0 Å². The normalized spacial score (nSPS) is 11.4. The van der Waals surface area contributed by atoms with E-state index in [1.165, 1.54) is 0 Å².